The largest absolute Gasteiger partial charge is 0.367 e. The van der Waals surface area contributed by atoms with Crippen LogP contribution in [-0.2, 0) is 10.0 Å². The zero-order valence-corrected chi connectivity index (χ0v) is 16.0. The zero-order valence-electron chi connectivity index (χ0n) is 14.4. The van der Waals surface area contributed by atoms with Gasteiger partial charge in [0.15, 0.2) is 5.01 Å². The molecule has 1 fully saturated rings. The molecule has 0 aliphatic carbocycles. The highest BCUT2D eigenvalue weighted by molar-refractivity contribution is 7.89. The maximum Gasteiger partial charge on any atom is 0.240 e. The molecule has 1 saturated heterocycles. The van der Waals surface area contributed by atoms with Crippen LogP contribution >= 0.6 is 11.3 Å². The predicted molar refractivity (Wildman–Crippen MR) is 105 cm³/mol. The number of para-hydroxylation sites is 1. The number of aromatic nitrogens is 3. The molecule has 1 aliphatic rings. The lowest BCUT2D eigenvalue weighted by atomic mass is 10.2. The van der Waals surface area contributed by atoms with E-state index in [2.05, 4.69) is 20.1 Å². The first-order valence-electron chi connectivity index (χ1n) is 8.39. The summed E-state index contributed by atoms with van der Waals surface area (Å²) in [5, 5.41) is 15.5. The molecule has 2 N–H and O–H groups in total. The van der Waals surface area contributed by atoms with Crippen LogP contribution in [0.5, 0.6) is 0 Å². The molecule has 4 rings (SSSR count). The summed E-state index contributed by atoms with van der Waals surface area (Å²) in [7, 11) is -3.76. The molecule has 0 spiro atoms. The van der Waals surface area contributed by atoms with Crippen molar-refractivity contribution in [1.29, 1.82) is 0 Å². The number of sulfonamides is 1. The van der Waals surface area contributed by atoms with Gasteiger partial charge in [-0.2, -0.15) is 0 Å². The molecule has 1 aromatic carbocycles. The number of primary sulfonamides is 1. The SMILES string of the molecule is NS(=O)(=O)c1ccccc1N1CCN(c2nnc(-c3ccccn3)s2)CC1. The first kappa shape index (κ1) is 17.8. The van der Waals surface area contributed by atoms with Gasteiger partial charge < -0.3 is 9.80 Å². The summed E-state index contributed by atoms with van der Waals surface area (Å²) in [4.78, 5) is 8.65. The second kappa shape index (κ2) is 7.22. The topological polar surface area (TPSA) is 105 Å². The minimum absolute atomic E-state index is 0.159. The molecule has 2 aromatic heterocycles. The van der Waals surface area contributed by atoms with Crippen LogP contribution in [0.4, 0.5) is 10.8 Å². The Bertz CT molecular complexity index is 1030. The Kier molecular flexibility index (Phi) is 4.77. The van der Waals surface area contributed by atoms with Gasteiger partial charge in [0, 0.05) is 32.4 Å². The quantitative estimate of drug-likeness (QED) is 0.706. The standard InChI is InChI=1S/C17H18N6O2S2/c18-27(24,25)15-7-2-1-6-14(15)22-9-11-23(12-10-22)17-21-20-16(26-17)13-5-3-4-8-19-13/h1-8H,9-12H2,(H2,18,24,25). The summed E-state index contributed by atoms with van der Waals surface area (Å²) in [6, 6.07) is 12.5. The molecule has 3 heterocycles. The minimum Gasteiger partial charge on any atom is -0.367 e. The van der Waals surface area contributed by atoms with E-state index < -0.39 is 10.0 Å². The highest BCUT2D eigenvalue weighted by atomic mass is 32.2. The van der Waals surface area contributed by atoms with E-state index in [1.165, 1.54) is 11.3 Å². The number of piperazine rings is 1. The fourth-order valence-corrected chi connectivity index (χ4v) is 4.66. The van der Waals surface area contributed by atoms with Gasteiger partial charge in [0.05, 0.1) is 5.69 Å². The average molecular weight is 403 g/mol. The number of nitrogens with two attached hydrogens (primary N) is 1. The van der Waals surface area contributed by atoms with Gasteiger partial charge in [0.2, 0.25) is 15.2 Å². The van der Waals surface area contributed by atoms with Gasteiger partial charge in [0.1, 0.15) is 10.6 Å². The van der Waals surface area contributed by atoms with Crippen molar-refractivity contribution in [2.24, 2.45) is 5.14 Å². The highest BCUT2D eigenvalue weighted by Gasteiger charge is 2.24. The van der Waals surface area contributed by atoms with Gasteiger partial charge in [-0.3, -0.25) is 4.98 Å². The van der Waals surface area contributed by atoms with Crippen LogP contribution in [0.25, 0.3) is 10.7 Å². The predicted octanol–water partition coefficient (Wildman–Crippen LogP) is 1.57. The highest BCUT2D eigenvalue weighted by Crippen LogP contribution is 2.30. The van der Waals surface area contributed by atoms with Crippen LogP contribution in [0, 0.1) is 0 Å². The van der Waals surface area contributed by atoms with Crippen molar-refractivity contribution in [1.82, 2.24) is 15.2 Å². The molecule has 0 atom stereocenters. The monoisotopic (exact) mass is 402 g/mol. The van der Waals surface area contributed by atoms with Crippen LogP contribution in [0.1, 0.15) is 0 Å². The second-order valence-electron chi connectivity index (χ2n) is 6.09. The van der Waals surface area contributed by atoms with Crippen LogP contribution in [0.2, 0.25) is 0 Å². The molecule has 0 unspecified atom stereocenters. The average Bonchev–Trinajstić information content (AvgIpc) is 3.18. The number of benzene rings is 1. The molecule has 27 heavy (non-hydrogen) atoms. The van der Waals surface area contributed by atoms with Crippen molar-refractivity contribution in [2.75, 3.05) is 36.0 Å². The molecule has 10 heteroatoms. The van der Waals surface area contributed by atoms with E-state index in [1.54, 1.807) is 24.4 Å². The van der Waals surface area contributed by atoms with E-state index in [9.17, 15) is 8.42 Å². The molecule has 0 bridgehead atoms. The van der Waals surface area contributed by atoms with Gasteiger partial charge in [0.25, 0.3) is 0 Å². The van der Waals surface area contributed by atoms with E-state index in [0.717, 1.165) is 28.9 Å². The fraction of sp³-hybridized carbons (Fsp3) is 0.235. The van der Waals surface area contributed by atoms with E-state index in [1.807, 2.05) is 29.2 Å². The lowest BCUT2D eigenvalue weighted by Crippen LogP contribution is -2.47. The fourth-order valence-electron chi connectivity index (χ4n) is 3.03. The van der Waals surface area contributed by atoms with Crippen molar-refractivity contribution in [3.63, 3.8) is 0 Å². The van der Waals surface area contributed by atoms with Crippen LogP contribution < -0.4 is 14.9 Å². The lowest BCUT2D eigenvalue weighted by Gasteiger charge is -2.36. The molecule has 1 aliphatic heterocycles. The van der Waals surface area contributed by atoms with E-state index in [-0.39, 0.29) is 4.90 Å². The Labute approximate surface area is 161 Å². The van der Waals surface area contributed by atoms with Gasteiger partial charge in [-0.05, 0) is 24.3 Å². The van der Waals surface area contributed by atoms with E-state index in [4.69, 9.17) is 5.14 Å². The lowest BCUT2D eigenvalue weighted by molar-refractivity contribution is 0.595. The number of anilines is 2. The Hall–Kier alpha value is -2.56. The molecule has 140 valence electrons. The Morgan fingerprint density at radius 3 is 2.33 bits per heavy atom. The number of pyridine rings is 1. The summed E-state index contributed by atoms with van der Waals surface area (Å²) < 4.78 is 23.7. The molecule has 3 aromatic rings. The third-order valence-corrected chi connectivity index (χ3v) is 6.33. The third-order valence-electron chi connectivity index (χ3n) is 4.36. The molecule has 0 saturated carbocycles. The molecule has 8 nitrogen and oxygen atoms in total. The van der Waals surface area contributed by atoms with E-state index in [0.29, 0.717) is 18.8 Å². The summed E-state index contributed by atoms with van der Waals surface area (Å²) in [6.07, 6.45) is 1.73. The number of rotatable bonds is 4. The number of hydrogen-bond acceptors (Lipinski definition) is 8. The molecule has 0 radical (unpaired) electrons. The normalized spacial score (nSPS) is 15.1. The van der Waals surface area contributed by atoms with Crippen molar-refractivity contribution in [2.45, 2.75) is 4.90 Å². The first-order chi connectivity index (χ1) is 13.0. The van der Waals surface area contributed by atoms with Gasteiger partial charge in [-0.1, -0.05) is 29.5 Å². The summed E-state index contributed by atoms with van der Waals surface area (Å²) in [5.41, 5.74) is 1.45. The van der Waals surface area contributed by atoms with Gasteiger partial charge in [-0.15, -0.1) is 10.2 Å². The van der Waals surface area contributed by atoms with Crippen molar-refractivity contribution in [3.05, 3.63) is 48.7 Å². The smallest absolute Gasteiger partial charge is 0.240 e. The van der Waals surface area contributed by atoms with Crippen molar-refractivity contribution >= 4 is 32.2 Å². The second-order valence-corrected chi connectivity index (χ2v) is 8.58. The van der Waals surface area contributed by atoms with Crippen LogP contribution in [0.15, 0.2) is 53.6 Å². The third kappa shape index (κ3) is 3.77. The minimum atomic E-state index is -3.76. The maximum absolute atomic E-state index is 11.8. The van der Waals surface area contributed by atoms with Crippen molar-refractivity contribution < 1.29 is 8.42 Å². The van der Waals surface area contributed by atoms with Crippen molar-refractivity contribution in [3.8, 4) is 10.7 Å². The zero-order chi connectivity index (χ0) is 18.9. The van der Waals surface area contributed by atoms with Crippen LogP contribution in [0.3, 0.4) is 0 Å². The first-order valence-corrected chi connectivity index (χ1v) is 10.8. The Morgan fingerprint density at radius 1 is 0.926 bits per heavy atom. The summed E-state index contributed by atoms with van der Waals surface area (Å²) >= 11 is 1.50. The summed E-state index contributed by atoms with van der Waals surface area (Å²) in [6.45, 7) is 2.78. The summed E-state index contributed by atoms with van der Waals surface area (Å²) in [5.74, 6) is 0. The van der Waals surface area contributed by atoms with Crippen LogP contribution in [-0.4, -0.2) is 49.8 Å². The maximum atomic E-state index is 11.8. The molecular formula is C17H18N6O2S2. The van der Waals surface area contributed by atoms with Gasteiger partial charge in [-0.25, -0.2) is 13.6 Å². The van der Waals surface area contributed by atoms with E-state index >= 15 is 0 Å². The number of nitrogens with zero attached hydrogens (tertiary/aromatic N) is 5. The molecular weight excluding hydrogens is 384 g/mol. The van der Waals surface area contributed by atoms with Gasteiger partial charge >= 0.3 is 0 Å². The number of hydrogen-bond donors (Lipinski definition) is 1. The Balaban J connectivity index is 1.48. The Morgan fingerprint density at radius 2 is 1.63 bits per heavy atom. The molecule has 0 amide bonds.